The standard InChI is InChI=1S/C20H22N2O3S/c1-4-22(13-15-6-8-19-16(11-15)9-10-21-19)20(23)18-12-17(26(3,24)25)7-5-14(18)2/h5-12,21H,4,13H2,1-3H3. The first-order valence-corrected chi connectivity index (χ1v) is 10.3. The number of sulfone groups is 1. The molecule has 136 valence electrons. The van der Waals surface area contributed by atoms with Crippen molar-refractivity contribution in [2.75, 3.05) is 12.8 Å². The molecule has 26 heavy (non-hydrogen) atoms. The van der Waals surface area contributed by atoms with E-state index in [-0.39, 0.29) is 10.8 Å². The molecule has 5 nitrogen and oxygen atoms in total. The largest absolute Gasteiger partial charge is 0.361 e. The summed E-state index contributed by atoms with van der Waals surface area (Å²) in [6.45, 7) is 4.74. The lowest BCUT2D eigenvalue weighted by molar-refractivity contribution is 0.0751. The molecule has 6 heteroatoms. The second-order valence-corrected chi connectivity index (χ2v) is 8.48. The number of fused-ring (bicyclic) bond motifs is 1. The summed E-state index contributed by atoms with van der Waals surface area (Å²) in [5, 5.41) is 1.10. The Bertz CT molecular complexity index is 1070. The SMILES string of the molecule is CCN(Cc1ccc2[nH]ccc2c1)C(=O)c1cc(S(C)(=O)=O)ccc1C. The fourth-order valence-electron chi connectivity index (χ4n) is 2.98. The molecule has 0 bridgehead atoms. The molecule has 3 aromatic rings. The van der Waals surface area contributed by atoms with Crippen LogP contribution in [0, 0.1) is 6.92 Å². The van der Waals surface area contributed by atoms with Gasteiger partial charge in [-0.1, -0.05) is 12.1 Å². The van der Waals surface area contributed by atoms with E-state index in [1.807, 2.05) is 38.2 Å². The van der Waals surface area contributed by atoms with Gasteiger partial charge in [0.25, 0.3) is 5.91 Å². The van der Waals surface area contributed by atoms with Crippen molar-refractivity contribution in [3.8, 4) is 0 Å². The molecule has 0 unspecified atom stereocenters. The first kappa shape index (κ1) is 18.2. The number of aryl methyl sites for hydroxylation is 1. The van der Waals surface area contributed by atoms with E-state index in [0.717, 1.165) is 28.3 Å². The summed E-state index contributed by atoms with van der Waals surface area (Å²) in [6.07, 6.45) is 3.03. The number of amides is 1. The van der Waals surface area contributed by atoms with E-state index in [9.17, 15) is 13.2 Å². The van der Waals surface area contributed by atoms with E-state index >= 15 is 0 Å². The van der Waals surface area contributed by atoms with Crippen LogP contribution in [0.5, 0.6) is 0 Å². The molecule has 0 atom stereocenters. The molecule has 1 aromatic heterocycles. The number of carbonyl (C=O) groups excluding carboxylic acids is 1. The highest BCUT2D eigenvalue weighted by Crippen LogP contribution is 2.20. The number of nitrogens with zero attached hydrogens (tertiary/aromatic N) is 1. The highest BCUT2D eigenvalue weighted by molar-refractivity contribution is 7.90. The molecule has 0 aliphatic heterocycles. The van der Waals surface area contributed by atoms with Crippen molar-refractivity contribution in [2.24, 2.45) is 0 Å². The number of H-pyrrole nitrogens is 1. The van der Waals surface area contributed by atoms with Crippen LogP contribution in [0.3, 0.4) is 0 Å². The first-order chi connectivity index (χ1) is 12.3. The van der Waals surface area contributed by atoms with Gasteiger partial charge >= 0.3 is 0 Å². The summed E-state index contributed by atoms with van der Waals surface area (Å²) in [6, 6.07) is 12.7. The Morgan fingerprint density at radius 1 is 1.12 bits per heavy atom. The van der Waals surface area contributed by atoms with Crippen LogP contribution in [0.2, 0.25) is 0 Å². The Hall–Kier alpha value is -2.60. The second-order valence-electron chi connectivity index (χ2n) is 6.47. The summed E-state index contributed by atoms with van der Waals surface area (Å²) in [5.41, 5.74) is 3.28. The van der Waals surface area contributed by atoms with Gasteiger partial charge in [-0.05, 0) is 60.7 Å². The molecule has 0 aliphatic rings. The topological polar surface area (TPSA) is 70.2 Å². The van der Waals surface area contributed by atoms with Crippen molar-refractivity contribution in [1.82, 2.24) is 9.88 Å². The fourth-order valence-corrected chi connectivity index (χ4v) is 3.63. The summed E-state index contributed by atoms with van der Waals surface area (Å²) in [5.74, 6) is -0.162. The van der Waals surface area contributed by atoms with Crippen molar-refractivity contribution in [1.29, 1.82) is 0 Å². The molecule has 0 radical (unpaired) electrons. The fraction of sp³-hybridized carbons (Fsp3) is 0.250. The monoisotopic (exact) mass is 370 g/mol. The van der Waals surface area contributed by atoms with Crippen molar-refractivity contribution >= 4 is 26.6 Å². The maximum atomic E-state index is 13.0. The van der Waals surface area contributed by atoms with Crippen LogP contribution in [0.25, 0.3) is 10.9 Å². The van der Waals surface area contributed by atoms with Gasteiger partial charge in [0.1, 0.15) is 0 Å². The molecule has 2 aromatic carbocycles. The van der Waals surface area contributed by atoms with Crippen molar-refractivity contribution < 1.29 is 13.2 Å². The minimum absolute atomic E-state index is 0.162. The average molecular weight is 370 g/mol. The lowest BCUT2D eigenvalue weighted by atomic mass is 10.1. The Labute approximate surface area is 153 Å². The Morgan fingerprint density at radius 3 is 2.58 bits per heavy atom. The summed E-state index contributed by atoms with van der Waals surface area (Å²) in [4.78, 5) is 18.1. The predicted octanol–water partition coefficient (Wildman–Crippen LogP) is 3.54. The highest BCUT2D eigenvalue weighted by Gasteiger charge is 2.19. The Kier molecular flexibility index (Phi) is 4.87. The quantitative estimate of drug-likeness (QED) is 0.747. The second kappa shape index (κ2) is 6.96. The van der Waals surface area contributed by atoms with Crippen LogP contribution in [0.15, 0.2) is 53.6 Å². The first-order valence-electron chi connectivity index (χ1n) is 8.45. The number of hydrogen-bond acceptors (Lipinski definition) is 3. The molecule has 0 saturated carbocycles. The van der Waals surface area contributed by atoms with Crippen LogP contribution in [0.4, 0.5) is 0 Å². The van der Waals surface area contributed by atoms with Crippen molar-refractivity contribution in [3.63, 3.8) is 0 Å². The van der Waals surface area contributed by atoms with E-state index < -0.39 is 9.84 Å². The van der Waals surface area contributed by atoms with Crippen LogP contribution in [0.1, 0.15) is 28.4 Å². The maximum absolute atomic E-state index is 13.0. The molecule has 3 rings (SSSR count). The van der Waals surface area contributed by atoms with Gasteiger partial charge in [0.2, 0.25) is 0 Å². The van der Waals surface area contributed by atoms with Crippen LogP contribution >= 0.6 is 0 Å². The minimum Gasteiger partial charge on any atom is -0.361 e. The summed E-state index contributed by atoms with van der Waals surface area (Å²) >= 11 is 0. The van der Waals surface area contributed by atoms with Crippen LogP contribution in [-0.4, -0.2) is 37.0 Å². The maximum Gasteiger partial charge on any atom is 0.254 e. The molecule has 1 N–H and O–H groups in total. The van der Waals surface area contributed by atoms with E-state index in [1.54, 1.807) is 11.0 Å². The van der Waals surface area contributed by atoms with Crippen molar-refractivity contribution in [3.05, 3.63) is 65.4 Å². The van der Waals surface area contributed by atoms with E-state index in [0.29, 0.717) is 18.7 Å². The number of aromatic nitrogens is 1. The van der Waals surface area contributed by atoms with Gasteiger partial charge in [-0.15, -0.1) is 0 Å². The summed E-state index contributed by atoms with van der Waals surface area (Å²) < 4.78 is 23.6. The molecule has 0 spiro atoms. The van der Waals surface area contributed by atoms with Crippen LogP contribution in [-0.2, 0) is 16.4 Å². The van der Waals surface area contributed by atoms with E-state index in [1.165, 1.54) is 12.1 Å². The number of carbonyl (C=O) groups is 1. The number of hydrogen-bond donors (Lipinski definition) is 1. The van der Waals surface area contributed by atoms with Crippen LogP contribution < -0.4 is 0 Å². The highest BCUT2D eigenvalue weighted by atomic mass is 32.2. The number of rotatable bonds is 5. The minimum atomic E-state index is -3.36. The number of benzene rings is 2. The van der Waals surface area contributed by atoms with Gasteiger partial charge in [0.15, 0.2) is 9.84 Å². The van der Waals surface area contributed by atoms with E-state index in [2.05, 4.69) is 11.1 Å². The van der Waals surface area contributed by atoms with Gasteiger partial charge in [0.05, 0.1) is 4.90 Å². The zero-order chi connectivity index (χ0) is 18.9. The van der Waals surface area contributed by atoms with Gasteiger partial charge in [0, 0.05) is 36.6 Å². The Morgan fingerprint density at radius 2 is 1.88 bits per heavy atom. The van der Waals surface area contributed by atoms with E-state index in [4.69, 9.17) is 0 Å². The van der Waals surface area contributed by atoms with Gasteiger partial charge < -0.3 is 9.88 Å². The number of nitrogens with one attached hydrogen (secondary N) is 1. The number of aromatic amines is 1. The van der Waals surface area contributed by atoms with Crippen molar-refractivity contribution in [2.45, 2.75) is 25.3 Å². The molecule has 0 fully saturated rings. The normalized spacial score (nSPS) is 11.7. The van der Waals surface area contributed by atoms with Gasteiger partial charge in [-0.25, -0.2) is 8.42 Å². The molecule has 0 saturated heterocycles. The predicted molar refractivity (Wildman–Crippen MR) is 103 cm³/mol. The molecule has 1 amide bonds. The average Bonchev–Trinajstić information content (AvgIpc) is 3.06. The zero-order valence-corrected chi connectivity index (χ0v) is 15.9. The molecule has 1 heterocycles. The zero-order valence-electron chi connectivity index (χ0n) is 15.1. The third-order valence-electron chi connectivity index (χ3n) is 4.53. The third kappa shape index (κ3) is 3.65. The third-order valence-corrected chi connectivity index (χ3v) is 5.64. The summed E-state index contributed by atoms with van der Waals surface area (Å²) in [7, 11) is -3.36. The molecular weight excluding hydrogens is 348 g/mol. The molecular formula is C20H22N2O3S. The lowest BCUT2D eigenvalue weighted by Gasteiger charge is -2.22. The molecule has 0 aliphatic carbocycles. The Balaban J connectivity index is 1.91. The smallest absolute Gasteiger partial charge is 0.254 e. The van der Waals surface area contributed by atoms with Gasteiger partial charge in [-0.3, -0.25) is 4.79 Å². The van der Waals surface area contributed by atoms with Gasteiger partial charge in [-0.2, -0.15) is 0 Å². The lowest BCUT2D eigenvalue weighted by Crippen LogP contribution is -2.31.